The molecule has 0 atom stereocenters. The molecule has 11 heteroatoms. The number of hydrogen-bond donors (Lipinski definition) is 2. The number of esters is 1. The van der Waals surface area contributed by atoms with E-state index in [0.29, 0.717) is 22.4 Å². The van der Waals surface area contributed by atoms with Crippen LogP contribution in [0, 0.1) is 11.3 Å². The highest BCUT2D eigenvalue weighted by Crippen LogP contribution is 2.40. The Bertz CT molecular complexity index is 1240. The molecule has 0 unspecified atom stereocenters. The van der Waals surface area contributed by atoms with Crippen LogP contribution in [0.2, 0.25) is 0 Å². The molecule has 1 aromatic carbocycles. The van der Waals surface area contributed by atoms with Gasteiger partial charge in [0.25, 0.3) is 0 Å². The molecule has 0 amide bonds. The van der Waals surface area contributed by atoms with Gasteiger partial charge in [0.1, 0.15) is 16.8 Å². The Labute approximate surface area is 194 Å². The van der Waals surface area contributed by atoms with Crippen LogP contribution in [0.1, 0.15) is 46.2 Å². The first-order valence-corrected chi connectivity index (χ1v) is 11.3. The predicted octanol–water partition coefficient (Wildman–Crippen LogP) is 3.43. The highest BCUT2D eigenvalue weighted by atomic mass is 32.2. The molecule has 2 heterocycles. The molecule has 1 fully saturated rings. The van der Waals surface area contributed by atoms with Gasteiger partial charge in [0.05, 0.1) is 23.9 Å². The van der Waals surface area contributed by atoms with E-state index < -0.39 is 5.97 Å². The van der Waals surface area contributed by atoms with Gasteiger partial charge in [-0.2, -0.15) is 20.2 Å². The number of nitrogen functional groups attached to an aromatic ring is 1. The first-order valence-electron chi connectivity index (χ1n) is 10.1. The quantitative estimate of drug-likeness (QED) is 0.374. The van der Waals surface area contributed by atoms with Gasteiger partial charge in [0.15, 0.2) is 12.4 Å². The van der Waals surface area contributed by atoms with E-state index in [-0.39, 0.29) is 35.5 Å². The number of nitrogens with zero attached hydrogens (tertiary/aromatic N) is 5. The van der Waals surface area contributed by atoms with Gasteiger partial charge in [-0.1, -0.05) is 12.1 Å². The minimum absolute atomic E-state index is 0.0317. The van der Waals surface area contributed by atoms with Gasteiger partial charge in [0.2, 0.25) is 11.9 Å². The minimum atomic E-state index is -0.649. The van der Waals surface area contributed by atoms with Crippen LogP contribution >= 0.6 is 11.8 Å². The zero-order valence-corrected chi connectivity index (χ0v) is 18.8. The molecular weight excluding hydrogens is 442 g/mol. The second kappa shape index (κ2) is 9.70. The van der Waals surface area contributed by atoms with Crippen LogP contribution in [0.3, 0.4) is 0 Å². The van der Waals surface area contributed by atoms with Gasteiger partial charge in [0, 0.05) is 11.6 Å². The van der Waals surface area contributed by atoms with E-state index in [9.17, 15) is 10.1 Å². The summed E-state index contributed by atoms with van der Waals surface area (Å²) in [4.78, 5) is 29.8. The number of benzene rings is 1. The number of carbonyl (C=O) groups is 1. The second-order valence-electron chi connectivity index (χ2n) is 7.20. The van der Waals surface area contributed by atoms with Gasteiger partial charge < -0.3 is 20.5 Å². The molecule has 33 heavy (non-hydrogen) atoms. The summed E-state index contributed by atoms with van der Waals surface area (Å²) in [6.45, 7) is -0.243. The molecule has 168 valence electrons. The van der Waals surface area contributed by atoms with E-state index in [4.69, 9.17) is 15.2 Å². The summed E-state index contributed by atoms with van der Waals surface area (Å²) in [6.07, 6.45) is 3.86. The zero-order valence-electron chi connectivity index (χ0n) is 18.0. The molecule has 1 saturated carbocycles. The summed E-state index contributed by atoms with van der Waals surface area (Å²) in [5, 5.41) is 13.1. The number of methoxy groups -OCH3 is 1. The number of nitrogens with one attached hydrogen (secondary N) is 1. The molecule has 0 bridgehead atoms. The highest BCUT2D eigenvalue weighted by Gasteiger charge is 2.29. The SMILES string of the molecule is COc1ccccc1Nc1nc(N)nc(COC(=O)c2cc(C3CC3)nc(SC)c2C#N)n1. The highest BCUT2D eigenvalue weighted by molar-refractivity contribution is 7.98. The number of para-hydroxylation sites is 2. The maximum atomic E-state index is 12.9. The fraction of sp³-hybridized carbons (Fsp3) is 0.273. The molecule has 3 aromatic rings. The third-order valence-electron chi connectivity index (χ3n) is 4.91. The number of aromatic nitrogens is 4. The molecule has 2 aromatic heterocycles. The van der Waals surface area contributed by atoms with E-state index in [1.807, 2.05) is 18.4 Å². The standard InChI is InChI=1S/C22H21N7O3S/c1-31-17-6-4-3-5-15(17)26-22-28-18(27-21(24)29-22)11-32-20(30)13-9-16(12-7-8-12)25-19(33-2)14(13)10-23/h3-6,9,12H,7-8,11H2,1-2H3,(H3,24,26,27,28,29). The van der Waals surface area contributed by atoms with Crippen LogP contribution in [-0.4, -0.2) is 39.3 Å². The van der Waals surface area contributed by atoms with Gasteiger partial charge >= 0.3 is 5.97 Å². The van der Waals surface area contributed by atoms with Crippen LogP contribution in [0.4, 0.5) is 17.6 Å². The van der Waals surface area contributed by atoms with E-state index in [1.165, 1.54) is 11.8 Å². The first-order chi connectivity index (χ1) is 16.0. The van der Waals surface area contributed by atoms with Crippen molar-refractivity contribution in [2.45, 2.75) is 30.4 Å². The van der Waals surface area contributed by atoms with Crippen molar-refractivity contribution in [1.29, 1.82) is 5.26 Å². The average molecular weight is 464 g/mol. The Balaban J connectivity index is 1.53. The molecule has 3 N–H and O–H groups in total. The monoisotopic (exact) mass is 463 g/mol. The number of nitriles is 1. The lowest BCUT2D eigenvalue weighted by molar-refractivity contribution is 0.0461. The number of nitrogens with two attached hydrogens (primary N) is 1. The summed E-state index contributed by atoms with van der Waals surface area (Å²) in [5.41, 5.74) is 7.65. The number of hydrogen-bond acceptors (Lipinski definition) is 11. The third kappa shape index (κ3) is 5.12. The fourth-order valence-corrected chi connectivity index (χ4v) is 3.74. The topological polar surface area (TPSA) is 149 Å². The average Bonchev–Trinajstić information content (AvgIpc) is 3.67. The first kappa shape index (κ1) is 22.3. The third-order valence-corrected chi connectivity index (χ3v) is 5.59. The Hall–Kier alpha value is -3.91. The lowest BCUT2D eigenvalue weighted by Gasteiger charge is -2.12. The molecule has 0 aliphatic heterocycles. The minimum Gasteiger partial charge on any atom is -0.495 e. The maximum absolute atomic E-state index is 12.9. The number of pyridine rings is 1. The number of ether oxygens (including phenoxy) is 2. The van der Waals surface area contributed by atoms with Crippen molar-refractivity contribution in [2.24, 2.45) is 0 Å². The van der Waals surface area contributed by atoms with E-state index >= 15 is 0 Å². The summed E-state index contributed by atoms with van der Waals surface area (Å²) in [5.74, 6) is 0.582. The smallest absolute Gasteiger partial charge is 0.340 e. The van der Waals surface area contributed by atoms with Crippen molar-refractivity contribution in [1.82, 2.24) is 19.9 Å². The molecule has 1 aliphatic rings. The molecule has 0 radical (unpaired) electrons. The normalized spacial score (nSPS) is 12.6. The van der Waals surface area contributed by atoms with Crippen molar-refractivity contribution in [3.8, 4) is 11.8 Å². The number of rotatable bonds is 8. The Morgan fingerprint density at radius 3 is 2.76 bits per heavy atom. The lowest BCUT2D eigenvalue weighted by atomic mass is 10.1. The lowest BCUT2D eigenvalue weighted by Crippen LogP contribution is -2.13. The number of anilines is 3. The Kier molecular flexibility index (Phi) is 6.55. The Morgan fingerprint density at radius 1 is 1.27 bits per heavy atom. The maximum Gasteiger partial charge on any atom is 0.340 e. The zero-order chi connectivity index (χ0) is 23.4. The van der Waals surface area contributed by atoms with Crippen molar-refractivity contribution in [2.75, 3.05) is 24.4 Å². The molecule has 4 rings (SSSR count). The molecule has 10 nitrogen and oxygen atoms in total. The largest absolute Gasteiger partial charge is 0.495 e. The van der Waals surface area contributed by atoms with E-state index in [0.717, 1.165) is 18.5 Å². The van der Waals surface area contributed by atoms with Crippen molar-refractivity contribution >= 4 is 35.3 Å². The number of carbonyl (C=O) groups excluding carboxylic acids is 1. The summed E-state index contributed by atoms with van der Waals surface area (Å²) < 4.78 is 10.7. The number of thioether (sulfide) groups is 1. The molecule has 1 aliphatic carbocycles. The molecular formula is C22H21N7O3S. The van der Waals surface area contributed by atoms with Crippen LogP contribution in [0.5, 0.6) is 5.75 Å². The summed E-state index contributed by atoms with van der Waals surface area (Å²) in [7, 11) is 1.55. The second-order valence-corrected chi connectivity index (χ2v) is 7.99. The van der Waals surface area contributed by atoms with E-state index in [2.05, 4.69) is 31.3 Å². The van der Waals surface area contributed by atoms with Crippen LogP contribution < -0.4 is 15.8 Å². The Morgan fingerprint density at radius 2 is 2.06 bits per heavy atom. The van der Waals surface area contributed by atoms with Crippen molar-refractivity contribution in [3.63, 3.8) is 0 Å². The predicted molar refractivity (Wildman–Crippen MR) is 122 cm³/mol. The van der Waals surface area contributed by atoms with Crippen LogP contribution in [0.15, 0.2) is 35.4 Å². The van der Waals surface area contributed by atoms with E-state index in [1.54, 1.807) is 25.3 Å². The molecule has 0 spiro atoms. The van der Waals surface area contributed by atoms with Crippen molar-refractivity contribution in [3.05, 3.63) is 53.0 Å². The van der Waals surface area contributed by atoms with Crippen LogP contribution in [-0.2, 0) is 11.3 Å². The van der Waals surface area contributed by atoms with Gasteiger partial charge in [-0.3, -0.25) is 0 Å². The summed E-state index contributed by atoms with van der Waals surface area (Å²) >= 11 is 1.32. The van der Waals surface area contributed by atoms with Gasteiger partial charge in [-0.05, 0) is 37.3 Å². The van der Waals surface area contributed by atoms with Gasteiger partial charge in [-0.25, -0.2) is 9.78 Å². The van der Waals surface area contributed by atoms with Gasteiger partial charge in [-0.15, -0.1) is 11.8 Å². The van der Waals surface area contributed by atoms with Crippen LogP contribution in [0.25, 0.3) is 0 Å². The fourth-order valence-electron chi connectivity index (χ4n) is 3.18. The summed E-state index contributed by atoms with van der Waals surface area (Å²) in [6, 6.07) is 11.0. The molecule has 0 saturated heterocycles. The van der Waals surface area contributed by atoms with Crippen molar-refractivity contribution < 1.29 is 14.3 Å².